The highest BCUT2D eigenvalue weighted by Crippen LogP contribution is 2.54. The van der Waals surface area contributed by atoms with Crippen molar-refractivity contribution in [2.24, 2.45) is 17.6 Å². The number of nitrogens with zero attached hydrogens (tertiary/aromatic N) is 2. The highest BCUT2D eigenvalue weighted by molar-refractivity contribution is 9.09. The van der Waals surface area contributed by atoms with Gasteiger partial charge in [-0.3, -0.25) is 29.1 Å². The molecule has 3 aliphatic rings. The quantitative estimate of drug-likeness (QED) is 0.150. The van der Waals surface area contributed by atoms with E-state index in [1.807, 2.05) is 0 Å². The molecule has 228 valence electrons. The van der Waals surface area contributed by atoms with E-state index in [1.54, 1.807) is 12.1 Å². The molecule has 7 N–H and O–H groups in total. The Labute approximate surface area is 269 Å². The molecule has 43 heavy (non-hydrogen) atoms. The molecule has 15 heteroatoms. The number of fused-ring (bicyclic) bond motifs is 3. The summed E-state index contributed by atoms with van der Waals surface area (Å²) in [7, 11) is 3.04. The predicted octanol–water partition coefficient (Wildman–Crippen LogP) is 2.67. The Balaban J connectivity index is 0.00000423. The predicted molar refractivity (Wildman–Crippen MR) is 164 cm³/mol. The van der Waals surface area contributed by atoms with Crippen molar-refractivity contribution in [3.8, 4) is 5.75 Å². The number of halogens is 3. The lowest BCUT2D eigenvalue weighted by Crippen LogP contribution is -2.65. The van der Waals surface area contributed by atoms with Gasteiger partial charge in [0.1, 0.15) is 27.6 Å². The number of ketones is 2. The normalized spacial score (nSPS) is 25.4. The molecular weight excluding hydrogens is 716 g/mol. The molecule has 1 heterocycles. The largest absolute Gasteiger partial charge is 0.508 e. The van der Waals surface area contributed by atoms with Crippen LogP contribution in [-0.2, 0) is 25.6 Å². The van der Waals surface area contributed by atoms with Crippen LogP contribution in [0.2, 0.25) is 5.02 Å². The van der Waals surface area contributed by atoms with Gasteiger partial charge in [-0.25, -0.2) is 0 Å². The van der Waals surface area contributed by atoms with E-state index in [4.69, 9.17) is 17.3 Å². The number of aromatic hydroxyl groups is 1. The van der Waals surface area contributed by atoms with Gasteiger partial charge in [0.25, 0.3) is 5.91 Å². The van der Waals surface area contributed by atoms with Crippen LogP contribution < -0.4 is 11.1 Å². The van der Waals surface area contributed by atoms with Crippen molar-refractivity contribution < 1.29 is 39.6 Å². The van der Waals surface area contributed by atoms with Gasteiger partial charge in [0.15, 0.2) is 17.1 Å². The van der Waals surface area contributed by atoms with Crippen LogP contribution in [0.4, 0.5) is 5.69 Å². The fourth-order valence-electron chi connectivity index (χ4n) is 6.25. The van der Waals surface area contributed by atoms with Crippen molar-refractivity contribution in [2.45, 2.75) is 29.3 Å². The first-order valence-electron chi connectivity index (χ1n) is 12.8. The first-order chi connectivity index (χ1) is 19.7. The Bertz CT molecular complexity index is 1630. The Morgan fingerprint density at radius 2 is 1.84 bits per heavy atom. The van der Waals surface area contributed by atoms with Crippen molar-refractivity contribution in [3.05, 3.63) is 69.2 Å². The molecule has 0 spiro atoms. The Morgan fingerprint density at radius 1 is 1.21 bits per heavy atom. The van der Waals surface area contributed by atoms with Crippen molar-refractivity contribution in [3.63, 3.8) is 0 Å². The number of rotatable bonds is 5. The summed E-state index contributed by atoms with van der Waals surface area (Å²) in [5.74, 6) is -8.31. The number of amides is 2. The molecular formula is C28H27Br2ClN4O8. The molecule has 1 aromatic heterocycles. The van der Waals surface area contributed by atoms with E-state index >= 15 is 0 Å². The van der Waals surface area contributed by atoms with Crippen LogP contribution in [0, 0.1) is 11.8 Å². The minimum Gasteiger partial charge on any atom is -0.508 e. The fourth-order valence-corrected chi connectivity index (χ4v) is 6.94. The summed E-state index contributed by atoms with van der Waals surface area (Å²) >= 11 is 9.75. The summed E-state index contributed by atoms with van der Waals surface area (Å²) in [5, 5.41) is 47.7. The lowest BCUT2D eigenvalue weighted by Gasteiger charge is -2.50. The smallest absolute Gasteiger partial charge is 0.255 e. The second-order valence-corrected chi connectivity index (χ2v) is 12.0. The first-order valence-corrected chi connectivity index (χ1v) is 14.0. The van der Waals surface area contributed by atoms with E-state index in [-0.39, 0.29) is 51.7 Å². The third-order valence-corrected chi connectivity index (χ3v) is 9.38. The number of aromatic nitrogens is 1. The molecule has 5 atom stereocenters. The number of nitrogens with two attached hydrogens (primary N) is 1. The van der Waals surface area contributed by atoms with Crippen molar-refractivity contribution in [2.75, 3.05) is 19.4 Å². The molecule has 0 saturated heterocycles. The minimum atomic E-state index is -2.75. The van der Waals surface area contributed by atoms with Crippen LogP contribution in [0.25, 0.3) is 5.76 Å². The third-order valence-electron chi connectivity index (χ3n) is 8.14. The summed E-state index contributed by atoms with van der Waals surface area (Å²) in [4.78, 5) is 56.7. The van der Waals surface area contributed by atoms with Gasteiger partial charge in [0.2, 0.25) is 11.7 Å². The second kappa shape index (κ2) is 11.7. The Morgan fingerprint density at radius 3 is 2.42 bits per heavy atom. The maximum atomic E-state index is 13.9. The number of hydrogen-bond donors (Lipinski definition) is 6. The van der Waals surface area contributed by atoms with Crippen LogP contribution in [0.15, 0.2) is 47.5 Å². The summed E-state index contributed by atoms with van der Waals surface area (Å²) in [5.41, 5.74) is 1.89. The number of carbonyl (C=O) groups is 4. The number of phenolic OH excluding ortho intramolecular Hbond substituents is 1. The van der Waals surface area contributed by atoms with E-state index in [0.717, 1.165) is 0 Å². The first kappa shape index (κ1) is 32.6. The SMILES string of the molecule is Br.CN(C)[C@@H]1C(=O)C(C(N)=O)=C(O)[C@@]2(O)C(=O)C3=C(O)c4c(cc(Cl)c(NC(=O)C(Br)c5ccncc5)c4O)CC3CC12. The highest BCUT2D eigenvalue weighted by atomic mass is 79.9. The average Bonchev–Trinajstić information content (AvgIpc) is 2.92. The number of benzene rings is 1. The molecule has 5 rings (SSSR count). The number of carbonyl (C=O) groups excluding carboxylic acids is 4. The monoisotopic (exact) mass is 740 g/mol. The molecule has 2 aromatic rings. The van der Waals surface area contributed by atoms with Crippen molar-refractivity contribution in [1.29, 1.82) is 0 Å². The van der Waals surface area contributed by atoms with E-state index in [0.29, 0.717) is 11.1 Å². The average molecular weight is 743 g/mol. The van der Waals surface area contributed by atoms with Crippen LogP contribution in [0.3, 0.4) is 0 Å². The number of alkyl halides is 1. The molecule has 2 amide bonds. The Hall–Kier alpha value is -3.30. The highest BCUT2D eigenvalue weighted by Gasteiger charge is 2.64. The fraction of sp³-hybridized carbons (Fsp3) is 0.321. The van der Waals surface area contributed by atoms with Crippen molar-refractivity contribution in [1.82, 2.24) is 9.88 Å². The zero-order chi connectivity index (χ0) is 30.8. The van der Waals surface area contributed by atoms with E-state index in [9.17, 15) is 39.6 Å². The topological polar surface area (TPSA) is 203 Å². The van der Waals surface area contributed by atoms with Crippen LogP contribution >= 0.6 is 44.5 Å². The molecule has 3 aliphatic carbocycles. The number of anilines is 1. The van der Waals surface area contributed by atoms with Gasteiger partial charge in [0, 0.05) is 23.9 Å². The second-order valence-electron chi connectivity index (χ2n) is 10.7. The van der Waals surface area contributed by atoms with Gasteiger partial charge >= 0.3 is 0 Å². The van der Waals surface area contributed by atoms with Gasteiger partial charge < -0.3 is 31.5 Å². The standard InChI is InChI=1S/C28H26BrClN4O8.BrH/c1-34(2)20-13-8-11-7-12-9-14(30)19(33-27(41)18(29)10-3-5-32-6-4-10)22(36)15(12)21(35)16(11)24(38)28(13,42)25(39)17(23(20)37)26(31)40;/h3-6,9,11,13,18,20,35-36,39,42H,7-8H2,1-2H3,(H2,31,40)(H,33,41);1H/t11?,13?,18?,20-,28-;/m0./s1. The lowest BCUT2D eigenvalue weighted by atomic mass is 9.57. The molecule has 12 nitrogen and oxygen atoms in total. The number of phenols is 1. The molecule has 0 aliphatic heterocycles. The third kappa shape index (κ3) is 4.94. The summed E-state index contributed by atoms with van der Waals surface area (Å²) in [6.07, 6.45) is 3.01. The zero-order valence-corrected chi connectivity index (χ0v) is 26.7. The van der Waals surface area contributed by atoms with E-state index in [2.05, 4.69) is 26.2 Å². The van der Waals surface area contributed by atoms with Gasteiger partial charge in [-0.1, -0.05) is 27.5 Å². The van der Waals surface area contributed by atoms with Gasteiger partial charge in [-0.2, -0.15) is 0 Å². The number of aliphatic hydroxyl groups is 3. The summed E-state index contributed by atoms with van der Waals surface area (Å²) in [6, 6.07) is 3.49. The lowest BCUT2D eigenvalue weighted by molar-refractivity contribution is -0.153. The van der Waals surface area contributed by atoms with E-state index in [1.165, 1.54) is 37.5 Å². The number of nitrogens with one attached hydrogen (secondary N) is 1. The summed E-state index contributed by atoms with van der Waals surface area (Å²) in [6.45, 7) is 0. The van der Waals surface area contributed by atoms with Gasteiger partial charge in [-0.05, 0) is 62.2 Å². The number of aliphatic hydroxyl groups excluding tert-OH is 2. The molecule has 3 unspecified atom stereocenters. The molecule has 1 aromatic carbocycles. The number of primary amides is 1. The molecule has 1 saturated carbocycles. The minimum absolute atomic E-state index is 0. The Kier molecular flexibility index (Phi) is 8.84. The zero-order valence-electron chi connectivity index (χ0n) is 22.7. The number of pyridine rings is 1. The number of likely N-dealkylation sites (N-methyl/N-ethyl adjacent to an activating group) is 1. The van der Waals surface area contributed by atoms with Gasteiger partial charge in [-0.15, -0.1) is 17.0 Å². The number of Topliss-reactive ketones (excluding diaryl/α,β-unsaturated/α-hetero) is 2. The van der Waals surface area contributed by atoms with Crippen LogP contribution in [0.1, 0.15) is 27.9 Å². The van der Waals surface area contributed by atoms with Crippen LogP contribution in [-0.4, -0.2) is 79.4 Å². The van der Waals surface area contributed by atoms with Crippen molar-refractivity contribution >= 4 is 79.3 Å². The van der Waals surface area contributed by atoms with Crippen LogP contribution in [0.5, 0.6) is 5.75 Å². The molecule has 0 bridgehead atoms. The number of hydrogen-bond acceptors (Lipinski definition) is 10. The molecule has 1 fully saturated rings. The summed E-state index contributed by atoms with van der Waals surface area (Å²) < 4.78 is 0. The van der Waals surface area contributed by atoms with Gasteiger partial charge in [0.05, 0.1) is 16.6 Å². The van der Waals surface area contributed by atoms with E-state index < -0.39 is 74.5 Å². The maximum Gasteiger partial charge on any atom is 0.255 e. The maximum absolute atomic E-state index is 13.9. The molecule has 0 radical (unpaired) electrons.